The van der Waals surface area contributed by atoms with E-state index in [0.29, 0.717) is 35.0 Å². The molecule has 0 aliphatic heterocycles. The zero-order valence-electron chi connectivity index (χ0n) is 15.4. The van der Waals surface area contributed by atoms with Crippen LogP contribution in [0.5, 0.6) is 0 Å². The van der Waals surface area contributed by atoms with Gasteiger partial charge in [0, 0.05) is 30.8 Å². The third-order valence-corrected chi connectivity index (χ3v) is 3.93. The Morgan fingerprint density at radius 2 is 1.89 bits per heavy atom. The highest BCUT2D eigenvalue weighted by Gasteiger charge is 2.11. The summed E-state index contributed by atoms with van der Waals surface area (Å²) in [5.74, 6) is 6.05. The van der Waals surface area contributed by atoms with Crippen LogP contribution < -0.4 is 0 Å². The molecule has 1 aromatic carbocycles. The van der Waals surface area contributed by atoms with E-state index in [1.807, 2.05) is 13.8 Å². The number of hydrogen-bond acceptors (Lipinski definition) is 4. The molecular formula is C21H19FN4O. The van der Waals surface area contributed by atoms with Crippen LogP contribution in [-0.2, 0) is 7.05 Å². The van der Waals surface area contributed by atoms with Gasteiger partial charge in [0.15, 0.2) is 5.78 Å². The van der Waals surface area contributed by atoms with Gasteiger partial charge in [-0.25, -0.2) is 14.1 Å². The predicted octanol–water partition coefficient (Wildman–Crippen LogP) is 3.64. The molecule has 3 rings (SSSR count). The first-order valence-electron chi connectivity index (χ1n) is 8.61. The Balaban J connectivity index is 1.85. The molecule has 0 saturated heterocycles. The van der Waals surface area contributed by atoms with Crippen molar-refractivity contribution in [1.29, 1.82) is 0 Å². The van der Waals surface area contributed by atoms with Crippen LogP contribution in [0.3, 0.4) is 0 Å². The van der Waals surface area contributed by atoms with E-state index in [9.17, 15) is 9.18 Å². The molecule has 0 N–H and O–H groups in total. The SMILES string of the molecule is CC(C)CC(=O)c1ccc(C#Cc2c(-c3ccc(F)cc3)nnn2C)nc1. The number of aryl methyl sites for hydroxylation is 1. The molecule has 0 radical (unpaired) electrons. The normalized spacial score (nSPS) is 10.6. The lowest BCUT2D eigenvalue weighted by atomic mass is 10.0. The highest BCUT2D eigenvalue weighted by Crippen LogP contribution is 2.20. The van der Waals surface area contributed by atoms with Crippen molar-refractivity contribution in [3.8, 4) is 23.1 Å². The molecule has 27 heavy (non-hydrogen) atoms. The third-order valence-electron chi connectivity index (χ3n) is 3.93. The molecule has 2 aromatic heterocycles. The average molecular weight is 362 g/mol. The fourth-order valence-corrected chi connectivity index (χ4v) is 2.54. The number of nitrogens with zero attached hydrogens (tertiary/aromatic N) is 4. The lowest BCUT2D eigenvalue weighted by Gasteiger charge is -2.03. The van der Waals surface area contributed by atoms with Gasteiger partial charge in [0.05, 0.1) is 0 Å². The minimum Gasteiger partial charge on any atom is -0.294 e. The first-order chi connectivity index (χ1) is 12.9. The molecule has 5 nitrogen and oxygen atoms in total. The van der Waals surface area contributed by atoms with Gasteiger partial charge in [0.2, 0.25) is 0 Å². The Bertz CT molecular complexity index is 1010. The molecule has 0 spiro atoms. The number of pyridine rings is 1. The van der Waals surface area contributed by atoms with E-state index in [0.717, 1.165) is 5.56 Å². The van der Waals surface area contributed by atoms with Crippen molar-refractivity contribution in [1.82, 2.24) is 20.0 Å². The van der Waals surface area contributed by atoms with Gasteiger partial charge in [-0.05, 0) is 54.2 Å². The monoisotopic (exact) mass is 362 g/mol. The van der Waals surface area contributed by atoms with E-state index < -0.39 is 0 Å². The topological polar surface area (TPSA) is 60.7 Å². The second-order valence-electron chi connectivity index (χ2n) is 6.62. The number of aromatic nitrogens is 4. The minimum absolute atomic E-state index is 0.0754. The zero-order chi connectivity index (χ0) is 19.4. The summed E-state index contributed by atoms with van der Waals surface area (Å²) in [5.41, 5.74) is 3.04. The van der Waals surface area contributed by atoms with Crippen LogP contribution in [0, 0.1) is 23.6 Å². The number of Topliss-reactive ketones (excluding diaryl/α,β-unsaturated/α-hetero) is 1. The van der Waals surface area contributed by atoms with E-state index in [4.69, 9.17) is 0 Å². The average Bonchev–Trinajstić information content (AvgIpc) is 3.01. The van der Waals surface area contributed by atoms with Crippen LogP contribution in [0.15, 0.2) is 42.6 Å². The summed E-state index contributed by atoms with van der Waals surface area (Å²) < 4.78 is 14.7. The second kappa shape index (κ2) is 7.92. The summed E-state index contributed by atoms with van der Waals surface area (Å²) in [4.78, 5) is 16.3. The van der Waals surface area contributed by atoms with Crippen molar-refractivity contribution >= 4 is 5.78 Å². The Hall–Kier alpha value is -3.33. The standard InChI is InChI=1S/C21H19FN4O/c1-14(2)12-20(27)16-6-9-18(23-13-16)10-11-19-21(24-25-26(19)3)15-4-7-17(22)8-5-15/h4-9,13-14H,12H2,1-3H3. The van der Waals surface area contributed by atoms with Gasteiger partial charge in [-0.2, -0.15) is 0 Å². The number of rotatable bonds is 4. The van der Waals surface area contributed by atoms with Crippen LogP contribution >= 0.6 is 0 Å². The second-order valence-corrected chi connectivity index (χ2v) is 6.62. The molecule has 0 atom stereocenters. The summed E-state index contributed by atoms with van der Waals surface area (Å²) in [6.45, 7) is 4.01. The van der Waals surface area contributed by atoms with E-state index in [-0.39, 0.29) is 11.6 Å². The molecule has 0 aliphatic carbocycles. The van der Waals surface area contributed by atoms with Crippen molar-refractivity contribution in [2.45, 2.75) is 20.3 Å². The van der Waals surface area contributed by atoms with Gasteiger partial charge in [0.1, 0.15) is 22.9 Å². The number of hydrogen-bond donors (Lipinski definition) is 0. The van der Waals surface area contributed by atoms with Crippen LogP contribution in [0.25, 0.3) is 11.3 Å². The van der Waals surface area contributed by atoms with E-state index >= 15 is 0 Å². The largest absolute Gasteiger partial charge is 0.294 e. The third kappa shape index (κ3) is 4.45. The van der Waals surface area contributed by atoms with Crippen LogP contribution in [0.1, 0.15) is 42.0 Å². The minimum atomic E-state index is -0.313. The molecule has 136 valence electrons. The molecule has 0 bridgehead atoms. The molecule has 0 unspecified atom stereocenters. The summed E-state index contributed by atoms with van der Waals surface area (Å²) in [6.07, 6.45) is 2.05. The Morgan fingerprint density at radius 3 is 2.52 bits per heavy atom. The van der Waals surface area contributed by atoms with Crippen LogP contribution in [-0.4, -0.2) is 25.8 Å². The van der Waals surface area contributed by atoms with E-state index in [1.165, 1.54) is 12.1 Å². The van der Waals surface area contributed by atoms with Gasteiger partial charge in [0.25, 0.3) is 0 Å². The summed E-state index contributed by atoms with van der Waals surface area (Å²) in [7, 11) is 1.74. The maximum atomic E-state index is 13.1. The lowest BCUT2D eigenvalue weighted by molar-refractivity contribution is 0.0967. The molecule has 0 amide bonds. The first kappa shape index (κ1) is 18.5. The van der Waals surface area contributed by atoms with Crippen molar-refractivity contribution in [3.63, 3.8) is 0 Å². The van der Waals surface area contributed by atoms with Crippen LogP contribution in [0.2, 0.25) is 0 Å². The predicted molar refractivity (Wildman–Crippen MR) is 100 cm³/mol. The Kier molecular flexibility index (Phi) is 5.41. The first-order valence-corrected chi connectivity index (χ1v) is 8.61. The van der Waals surface area contributed by atoms with Gasteiger partial charge in [-0.1, -0.05) is 19.1 Å². The Labute approximate surface area is 157 Å². The number of halogens is 1. The van der Waals surface area contributed by atoms with Gasteiger partial charge in [-0.3, -0.25) is 4.79 Å². The van der Waals surface area contributed by atoms with Gasteiger partial charge >= 0.3 is 0 Å². The number of ketones is 1. The molecule has 2 heterocycles. The highest BCUT2D eigenvalue weighted by atomic mass is 19.1. The van der Waals surface area contributed by atoms with Gasteiger partial charge in [-0.15, -0.1) is 5.10 Å². The summed E-state index contributed by atoms with van der Waals surface area (Å²) >= 11 is 0. The molecule has 3 aromatic rings. The fourth-order valence-electron chi connectivity index (χ4n) is 2.54. The number of carbonyl (C=O) groups excluding carboxylic acids is 1. The maximum absolute atomic E-state index is 13.1. The van der Waals surface area contributed by atoms with E-state index in [2.05, 4.69) is 27.1 Å². The van der Waals surface area contributed by atoms with E-state index in [1.54, 1.807) is 42.2 Å². The van der Waals surface area contributed by atoms with Crippen molar-refractivity contribution in [3.05, 3.63) is 65.4 Å². The maximum Gasteiger partial charge on any atom is 0.164 e. The fraction of sp³-hybridized carbons (Fsp3) is 0.238. The van der Waals surface area contributed by atoms with Gasteiger partial charge < -0.3 is 0 Å². The van der Waals surface area contributed by atoms with Crippen molar-refractivity contribution in [2.75, 3.05) is 0 Å². The molecular weight excluding hydrogens is 343 g/mol. The summed E-state index contributed by atoms with van der Waals surface area (Å²) in [6, 6.07) is 9.48. The Morgan fingerprint density at radius 1 is 1.15 bits per heavy atom. The molecule has 0 fully saturated rings. The quantitative estimate of drug-likeness (QED) is 0.525. The molecule has 0 saturated carbocycles. The molecule has 0 aliphatic rings. The van der Waals surface area contributed by atoms with Crippen LogP contribution in [0.4, 0.5) is 4.39 Å². The summed E-state index contributed by atoms with van der Waals surface area (Å²) in [5, 5.41) is 8.11. The van der Waals surface area contributed by atoms with Crippen molar-refractivity contribution < 1.29 is 9.18 Å². The highest BCUT2D eigenvalue weighted by molar-refractivity contribution is 5.95. The zero-order valence-corrected chi connectivity index (χ0v) is 15.4. The number of carbonyl (C=O) groups is 1. The molecule has 6 heteroatoms. The van der Waals surface area contributed by atoms with Crippen molar-refractivity contribution in [2.24, 2.45) is 13.0 Å². The smallest absolute Gasteiger partial charge is 0.164 e. The number of benzene rings is 1. The lowest BCUT2D eigenvalue weighted by Crippen LogP contribution is -2.04.